The largest absolute Gasteiger partial charge is 1.00 e. The number of benzene rings is 2. The second-order valence-corrected chi connectivity index (χ2v) is 15.5. The summed E-state index contributed by atoms with van der Waals surface area (Å²) >= 11 is 0. The van der Waals surface area contributed by atoms with E-state index in [1.807, 2.05) is 77.2 Å². The van der Waals surface area contributed by atoms with Crippen LogP contribution >= 0.6 is 0 Å². The van der Waals surface area contributed by atoms with Crippen LogP contribution in [0, 0.1) is 0 Å². The molecule has 0 amide bonds. The van der Waals surface area contributed by atoms with Crippen molar-refractivity contribution >= 4 is 43.3 Å². The fourth-order valence-electron chi connectivity index (χ4n) is 6.42. The topological polar surface area (TPSA) is 155 Å². The Morgan fingerprint density at radius 3 is 2.12 bits per heavy atom. The van der Waals surface area contributed by atoms with Crippen LogP contribution in [0.3, 0.4) is 0 Å². The summed E-state index contributed by atoms with van der Waals surface area (Å²) in [5, 5.41) is 8.97. The van der Waals surface area contributed by atoms with Crippen molar-refractivity contribution in [3.05, 3.63) is 95.8 Å². The molecule has 0 bridgehead atoms. The number of hydrogen-bond acceptors (Lipinski definition) is 7. The van der Waals surface area contributed by atoms with Crippen LogP contribution in [0.5, 0.6) is 0 Å². The van der Waals surface area contributed by atoms with Gasteiger partial charge in [-0.3, -0.25) is 9.35 Å². The van der Waals surface area contributed by atoms with Crippen molar-refractivity contribution in [1.82, 2.24) is 0 Å². The molecule has 2 aliphatic rings. The van der Waals surface area contributed by atoms with E-state index in [-0.39, 0.29) is 67.6 Å². The number of likely N-dealkylation sites (N-methyl/N-ethyl adjacent to an activating group) is 1. The molecule has 0 radical (unpaired) electrons. The first-order valence-electron chi connectivity index (χ1n) is 15.5. The molecule has 2 aromatic carbocycles. The monoisotopic (exact) mass is 721 g/mol. The minimum atomic E-state index is -4.57. The maximum atomic E-state index is 11.9. The summed E-state index contributed by atoms with van der Waals surface area (Å²) in [6.07, 6.45) is 15.6. The van der Waals surface area contributed by atoms with Crippen LogP contribution in [0.4, 0.5) is 11.4 Å². The molecule has 2 aromatic rings. The van der Waals surface area contributed by atoms with Gasteiger partial charge in [-0.05, 0) is 75.6 Å². The van der Waals surface area contributed by atoms with Gasteiger partial charge in [-0.25, -0.2) is 8.42 Å². The molecular formula is C35H42KN2O8S2+. The third kappa shape index (κ3) is 8.74. The summed E-state index contributed by atoms with van der Waals surface area (Å²) in [6, 6.07) is 9.11. The maximum absolute atomic E-state index is 11.9. The number of hydrogen-bond donors (Lipinski definition) is 2. The van der Waals surface area contributed by atoms with E-state index in [9.17, 15) is 30.7 Å². The molecule has 2 aliphatic heterocycles. The Bertz CT molecular complexity index is 1940. The zero-order valence-electron chi connectivity index (χ0n) is 28.3. The molecule has 0 spiro atoms. The number of nitrogens with zero attached hydrogens (tertiary/aromatic N) is 2. The van der Waals surface area contributed by atoms with Crippen LogP contribution < -0.4 is 56.3 Å². The Labute approximate surface area is 326 Å². The molecule has 0 unspecified atom stereocenters. The van der Waals surface area contributed by atoms with Crippen LogP contribution in [0.1, 0.15) is 71.4 Å². The summed E-state index contributed by atoms with van der Waals surface area (Å²) in [5.41, 5.74) is 4.09. The zero-order chi connectivity index (χ0) is 34.8. The Morgan fingerprint density at radius 1 is 0.875 bits per heavy atom. The number of carbonyl (C=O) groups is 1. The standard InChI is InChI=1S/C35H42N2O8S2.K/c1-6-36-29-20-18-25(46(40,41)42)23-27(29)34(2,3)31(36)15-11-8-7-9-12-16-32-35(4,5)28-24-26(47(43,44)45)19-21-30(28)37(32)22-14-10-13-17-33(38)39;/h7-9,11-12,15-16,18-21,23-24H,6,10,13-14,17,22H2,1-5H3,(H2-,38,39,40,41,42,43,44,45);/q;+1. The van der Waals surface area contributed by atoms with E-state index in [0.29, 0.717) is 19.5 Å². The molecule has 0 aliphatic carbocycles. The van der Waals surface area contributed by atoms with Crippen LogP contribution in [0.15, 0.2) is 94.4 Å². The second-order valence-electron chi connectivity index (χ2n) is 12.7. The van der Waals surface area contributed by atoms with Gasteiger partial charge < -0.3 is 14.6 Å². The van der Waals surface area contributed by atoms with E-state index >= 15 is 0 Å². The first-order valence-corrected chi connectivity index (χ1v) is 18.3. The quantitative estimate of drug-likeness (QED) is 0.104. The summed E-state index contributed by atoms with van der Waals surface area (Å²) in [5.74, 6) is -0.825. The van der Waals surface area contributed by atoms with Crippen molar-refractivity contribution in [1.29, 1.82) is 0 Å². The number of carboxylic acids is 1. The van der Waals surface area contributed by atoms with Crippen molar-refractivity contribution in [3.8, 4) is 0 Å². The van der Waals surface area contributed by atoms with Gasteiger partial charge in [-0.15, -0.1) is 0 Å². The fourth-order valence-corrected chi connectivity index (χ4v) is 7.42. The predicted molar refractivity (Wildman–Crippen MR) is 181 cm³/mol. The first kappa shape index (κ1) is 40.2. The van der Waals surface area contributed by atoms with Gasteiger partial charge in [0.25, 0.3) is 10.1 Å². The van der Waals surface area contributed by atoms with Crippen molar-refractivity contribution in [2.45, 2.75) is 80.9 Å². The number of aliphatic carboxylic acids is 1. The molecule has 0 saturated heterocycles. The number of rotatable bonds is 13. The Kier molecular flexibility index (Phi) is 13.2. The molecule has 10 nitrogen and oxygen atoms in total. The smallest absolute Gasteiger partial charge is 0.744 e. The van der Waals surface area contributed by atoms with Gasteiger partial charge in [0.2, 0.25) is 5.69 Å². The number of allylic oxidation sites excluding steroid dienone is 8. The van der Waals surface area contributed by atoms with Crippen LogP contribution in [0.2, 0.25) is 0 Å². The summed E-state index contributed by atoms with van der Waals surface area (Å²) in [7, 11) is -8.95. The van der Waals surface area contributed by atoms with Crippen molar-refractivity contribution in [2.75, 3.05) is 18.0 Å². The van der Waals surface area contributed by atoms with E-state index in [4.69, 9.17) is 5.11 Å². The zero-order valence-corrected chi connectivity index (χ0v) is 33.1. The van der Waals surface area contributed by atoms with E-state index < -0.39 is 37.0 Å². The van der Waals surface area contributed by atoms with Crippen LogP contribution in [-0.4, -0.2) is 60.4 Å². The van der Waals surface area contributed by atoms with Crippen molar-refractivity contribution in [2.24, 2.45) is 0 Å². The molecule has 0 fully saturated rings. The van der Waals surface area contributed by atoms with Gasteiger partial charge in [0, 0.05) is 53.9 Å². The van der Waals surface area contributed by atoms with Crippen LogP contribution in [0.25, 0.3) is 0 Å². The van der Waals surface area contributed by atoms with Gasteiger partial charge in [0.1, 0.15) is 16.7 Å². The first-order chi connectivity index (χ1) is 21.9. The third-order valence-electron chi connectivity index (χ3n) is 8.85. The van der Waals surface area contributed by atoms with Gasteiger partial charge in [-0.2, -0.15) is 13.0 Å². The van der Waals surface area contributed by atoms with Gasteiger partial charge >= 0.3 is 57.4 Å². The average molecular weight is 722 g/mol. The minimum absolute atomic E-state index is 0. The van der Waals surface area contributed by atoms with E-state index in [2.05, 4.69) is 9.48 Å². The Balaban J connectivity index is 0.00000625. The molecule has 13 heteroatoms. The number of fused-ring (bicyclic) bond motifs is 2. The second kappa shape index (κ2) is 15.8. The molecule has 252 valence electrons. The third-order valence-corrected chi connectivity index (χ3v) is 10.5. The van der Waals surface area contributed by atoms with Crippen molar-refractivity contribution in [3.63, 3.8) is 0 Å². The number of anilines is 1. The van der Waals surface area contributed by atoms with Gasteiger partial charge in [0.05, 0.1) is 15.2 Å². The molecule has 0 aromatic heterocycles. The summed E-state index contributed by atoms with van der Waals surface area (Å²) in [4.78, 5) is 12.6. The average Bonchev–Trinajstić information content (AvgIpc) is 3.33. The molecule has 0 atom stereocenters. The minimum Gasteiger partial charge on any atom is -0.744 e. The maximum Gasteiger partial charge on any atom is 1.00 e. The van der Waals surface area contributed by atoms with Crippen molar-refractivity contribution < 1.29 is 91.8 Å². The predicted octanol–water partition coefficient (Wildman–Crippen LogP) is 3.23. The van der Waals surface area contributed by atoms with Crippen LogP contribution in [-0.2, 0) is 35.9 Å². The molecule has 2 N–H and O–H groups in total. The molecule has 4 rings (SSSR count). The molecule has 48 heavy (non-hydrogen) atoms. The molecule has 0 saturated carbocycles. The molecule has 2 heterocycles. The normalized spacial score (nSPS) is 17.9. The SMILES string of the molecule is CCN1C(=CC=CC=CC=CC2=[N+](CCCCCC(=O)O)c3ccc(S(=O)(=O)O)cc3C2(C)C)C(C)(C)c2cc(S(=O)(=O)[O-])ccc21.[K+]. The van der Waals surface area contributed by atoms with E-state index in [0.717, 1.165) is 46.8 Å². The Hall–Kier alpha value is -2.20. The van der Waals surface area contributed by atoms with E-state index in [1.54, 1.807) is 12.1 Å². The summed E-state index contributed by atoms with van der Waals surface area (Å²) in [6.45, 7) is 11.3. The van der Waals surface area contributed by atoms with Gasteiger partial charge in [-0.1, -0.05) is 44.2 Å². The fraction of sp³-hybridized carbons (Fsp3) is 0.371. The number of carboxylic acid groups (broad SMARTS) is 1. The molecular weight excluding hydrogens is 680 g/mol. The Morgan fingerprint density at radius 2 is 1.50 bits per heavy atom. The number of unbranched alkanes of at least 4 members (excludes halogenated alkanes) is 2. The van der Waals surface area contributed by atoms with Gasteiger partial charge in [0.15, 0.2) is 5.71 Å². The summed E-state index contributed by atoms with van der Waals surface area (Å²) < 4.78 is 70.5. The van der Waals surface area contributed by atoms with E-state index in [1.165, 1.54) is 24.3 Å².